The Morgan fingerprint density at radius 1 is 1.08 bits per heavy atom. The number of fused-ring (bicyclic) bond motifs is 5. The van der Waals surface area contributed by atoms with E-state index in [9.17, 15) is 5.11 Å². The summed E-state index contributed by atoms with van der Waals surface area (Å²) in [7, 11) is 0. The van der Waals surface area contributed by atoms with E-state index in [0.29, 0.717) is 16.6 Å². The zero-order valence-electron chi connectivity index (χ0n) is 17.2. The summed E-state index contributed by atoms with van der Waals surface area (Å²) in [5.41, 5.74) is 2.54. The van der Waals surface area contributed by atoms with Crippen LogP contribution < -0.4 is 0 Å². The predicted molar refractivity (Wildman–Crippen MR) is 110 cm³/mol. The molecule has 146 valence electrons. The number of rotatable bonds is 4. The average Bonchev–Trinajstić information content (AvgIpc) is 2.93. The Kier molecular flexibility index (Phi) is 4.81. The minimum absolute atomic E-state index is 0.357. The van der Waals surface area contributed by atoms with Gasteiger partial charge < -0.3 is 5.11 Å². The molecule has 4 aliphatic rings. The highest BCUT2D eigenvalue weighted by molar-refractivity contribution is 5.24. The fourth-order valence-electron chi connectivity index (χ4n) is 8.32. The van der Waals surface area contributed by atoms with Gasteiger partial charge in [0, 0.05) is 6.42 Å². The van der Waals surface area contributed by atoms with E-state index in [1.807, 2.05) is 0 Å². The van der Waals surface area contributed by atoms with Crippen molar-refractivity contribution in [3.05, 3.63) is 24.5 Å². The van der Waals surface area contributed by atoms with Gasteiger partial charge in [0.2, 0.25) is 0 Å². The third kappa shape index (κ3) is 2.71. The zero-order chi connectivity index (χ0) is 18.5. The van der Waals surface area contributed by atoms with E-state index >= 15 is 0 Å². The lowest BCUT2D eigenvalue weighted by atomic mass is 9.44. The number of aliphatic hydroxyl groups is 1. The molecule has 4 aliphatic carbocycles. The van der Waals surface area contributed by atoms with Crippen LogP contribution in [0.3, 0.4) is 0 Å². The Morgan fingerprint density at radius 2 is 1.88 bits per heavy atom. The van der Waals surface area contributed by atoms with E-state index in [1.165, 1.54) is 64.2 Å². The summed E-state index contributed by atoms with van der Waals surface area (Å²) in [6.45, 7) is 13.6. The molecule has 0 saturated heterocycles. The fraction of sp³-hybridized carbons (Fsp3) is 0.840. The van der Waals surface area contributed by atoms with Crippen molar-refractivity contribution in [1.82, 2.24) is 0 Å². The standard InChI is InChI=1S/C25H40O/c1-17-16-23-21(13-11-19-9-5-6-15-24(19,23)3)22-14-12-20(25(17,22)4)10-7-8-18(2)26/h19-23,26H,1-2,5-16H2,3-4H3. The van der Waals surface area contributed by atoms with Crippen molar-refractivity contribution in [3.8, 4) is 0 Å². The first-order valence-electron chi connectivity index (χ1n) is 11.4. The molecule has 0 aromatic heterocycles. The smallest absolute Gasteiger partial charge is 0.0851 e. The molecule has 26 heavy (non-hydrogen) atoms. The molecule has 0 aromatic carbocycles. The Bertz CT molecular complexity index is 577. The Morgan fingerprint density at radius 3 is 2.65 bits per heavy atom. The summed E-state index contributed by atoms with van der Waals surface area (Å²) >= 11 is 0. The quantitative estimate of drug-likeness (QED) is 0.410. The summed E-state index contributed by atoms with van der Waals surface area (Å²) in [4.78, 5) is 0. The monoisotopic (exact) mass is 356 g/mol. The lowest BCUT2D eigenvalue weighted by molar-refractivity contribution is -0.0886. The molecule has 1 nitrogen and oxygen atoms in total. The highest BCUT2D eigenvalue weighted by atomic mass is 16.3. The Hall–Kier alpha value is -0.720. The predicted octanol–water partition coefficient (Wildman–Crippen LogP) is 7.44. The van der Waals surface area contributed by atoms with Crippen LogP contribution in [0.1, 0.15) is 90.9 Å². The molecule has 0 amide bonds. The molecule has 1 N–H and O–H groups in total. The molecular formula is C25H40O. The van der Waals surface area contributed by atoms with Crippen LogP contribution in [0.15, 0.2) is 24.5 Å². The van der Waals surface area contributed by atoms with Gasteiger partial charge in [0.25, 0.3) is 0 Å². The average molecular weight is 357 g/mol. The van der Waals surface area contributed by atoms with Gasteiger partial charge in [-0.2, -0.15) is 0 Å². The largest absolute Gasteiger partial charge is 0.513 e. The minimum atomic E-state index is 0.357. The van der Waals surface area contributed by atoms with Gasteiger partial charge in [0.15, 0.2) is 0 Å². The summed E-state index contributed by atoms with van der Waals surface area (Å²) in [6, 6.07) is 0. The lowest BCUT2D eigenvalue weighted by Crippen LogP contribution is -2.53. The second kappa shape index (κ2) is 6.71. The van der Waals surface area contributed by atoms with Crippen LogP contribution in [-0.2, 0) is 0 Å². The van der Waals surface area contributed by atoms with Crippen LogP contribution in [0.4, 0.5) is 0 Å². The first-order valence-corrected chi connectivity index (χ1v) is 11.4. The first-order chi connectivity index (χ1) is 12.4. The molecule has 4 rings (SSSR count). The van der Waals surface area contributed by atoms with Crippen molar-refractivity contribution in [2.45, 2.75) is 90.9 Å². The second-order valence-corrected chi connectivity index (χ2v) is 10.7. The maximum atomic E-state index is 9.46. The van der Waals surface area contributed by atoms with Crippen molar-refractivity contribution in [3.63, 3.8) is 0 Å². The Labute approximate surface area is 161 Å². The van der Waals surface area contributed by atoms with Crippen LogP contribution in [0.5, 0.6) is 0 Å². The van der Waals surface area contributed by atoms with Gasteiger partial charge in [-0.15, -0.1) is 0 Å². The third-order valence-corrected chi connectivity index (χ3v) is 9.87. The van der Waals surface area contributed by atoms with E-state index < -0.39 is 0 Å². The molecule has 1 heteroatoms. The van der Waals surface area contributed by atoms with E-state index in [1.54, 1.807) is 5.57 Å². The van der Waals surface area contributed by atoms with Crippen molar-refractivity contribution in [2.24, 2.45) is 40.4 Å². The van der Waals surface area contributed by atoms with E-state index in [2.05, 4.69) is 20.4 Å². The topological polar surface area (TPSA) is 20.2 Å². The van der Waals surface area contributed by atoms with Crippen LogP contribution in [0.2, 0.25) is 0 Å². The summed E-state index contributed by atoms with van der Waals surface area (Å²) < 4.78 is 0. The van der Waals surface area contributed by atoms with Crippen molar-refractivity contribution in [1.29, 1.82) is 0 Å². The Balaban J connectivity index is 1.55. The van der Waals surface area contributed by atoms with Gasteiger partial charge in [-0.1, -0.05) is 45.4 Å². The van der Waals surface area contributed by atoms with Gasteiger partial charge in [-0.3, -0.25) is 0 Å². The normalized spacial score (nSPS) is 47.8. The third-order valence-electron chi connectivity index (χ3n) is 9.87. The fourth-order valence-corrected chi connectivity index (χ4v) is 8.32. The van der Waals surface area contributed by atoms with Gasteiger partial charge in [-0.05, 0) is 98.2 Å². The molecule has 4 fully saturated rings. The van der Waals surface area contributed by atoms with Crippen LogP contribution in [0.25, 0.3) is 0 Å². The molecular weight excluding hydrogens is 316 g/mol. The molecule has 7 unspecified atom stereocenters. The lowest BCUT2D eigenvalue weighted by Gasteiger charge is -2.61. The van der Waals surface area contributed by atoms with Crippen LogP contribution in [0, 0.1) is 40.4 Å². The molecule has 0 radical (unpaired) electrons. The van der Waals surface area contributed by atoms with Crippen LogP contribution in [-0.4, -0.2) is 5.11 Å². The van der Waals surface area contributed by atoms with Gasteiger partial charge >= 0.3 is 0 Å². The van der Waals surface area contributed by atoms with E-state index in [-0.39, 0.29) is 0 Å². The van der Waals surface area contributed by atoms with E-state index in [4.69, 9.17) is 6.58 Å². The van der Waals surface area contributed by atoms with Crippen molar-refractivity contribution < 1.29 is 5.11 Å². The molecule has 4 saturated carbocycles. The van der Waals surface area contributed by atoms with Crippen molar-refractivity contribution in [2.75, 3.05) is 0 Å². The summed E-state index contributed by atoms with van der Waals surface area (Å²) in [5.74, 6) is 4.84. The molecule has 0 aliphatic heterocycles. The number of hydrogen-bond donors (Lipinski definition) is 1. The molecule has 0 bridgehead atoms. The maximum absolute atomic E-state index is 9.46. The SMILES string of the molecule is C=C(O)CCCC1CCC2C3CCC4CCCCC4(C)C3CC(=C)C12C. The molecule has 0 spiro atoms. The highest BCUT2D eigenvalue weighted by Crippen LogP contribution is 2.69. The zero-order valence-corrected chi connectivity index (χ0v) is 17.2. The first kappa shape index (κ1) is 18.6. The van der Waals surface area contributed by atoms with Crippen molar-refractivity contribution >= 4 is 0 Å². The van der Waals surface area contributed by atoms with Gasteiger partial charge in [0.05, 0.1) is 5.76 Å². The number of aliphatic hydroxyl groups excluding tert-OH is 1. The minimum Gasteiger partial charge on any atom is -0.513 e. The summed E-state index contributed by atoms with van der Waals surface area (Å²) in [5, 5.41) is 9.46. The van der Waals surface area contributed by atoms with E-state index in [0.717, 1.165) is 42.4 Å². The van der Waals surface area contributed by atoms with Crippen LogP contribution >= 0.6 is 0 Å². The second-order valence-electron chi connectivity index (χ2n) is 10.7. The van der Waals surface area contributed by atoms with Gasteiger partial charge in [0.1, 0.15) is 0 Å². The maximum Gasteiger partial charge on any atom is 0.0851 e. The molecule has 7 atom stereocenters. The molecule has 0 heterocycles. The molecule has 0 aromatic rings. The van der Waals surface area contributed by atoms with Gasteiger partial charge in [-0.25, -0.2) is 0 Å². The number of allylic oxidation sites excluding steroid dienone is 2. The summed E-state index contributed by atoms with van der Waals surface area (Å²) in [6.07, 6.45) is 16.1. The highest BCUT2D eigenvalue weighted by Gasteiger charge is 2.60. The number of hydrogen-bond acceptors (Lipinski definition) is 1.